The third kappa shape index (κ3) is 2.76. The minimum absolute atomic E-state index is 0.275. The number of halogens is 1. The van der Waals surface area contributed by atoms with E-state index in [0.29, 0.717) is 0 Å². The smallest absolute Gasteiger partial charge is 0.216 e. The molecule has 2 nitrogen and oxygen atoms in total. The van der Waals surface area contributed by atoms with Crippen LogP contribution in [0.25, 0.3) is 54.3 Å². The lowest BCUT2D eigenvalue weighted by Crippen LogP contribution is -2.15. The SMILES string of the molecule is C=c1/c(=C\C=C/C)sc2cc(-c3nc(Cl)nc4c3sc3ccccc34)ccc12. The van der Waals surface area contributed by atoms with Crippen molar-refractivity contribution >= 4 is 77.3 Å². The summed E-state index contributed by atoms with van der Waals surface area (Å²) in [4.78, 5) is 9.10. The van der Waals surface area contributed by atoms with E-state index in [9.17, 15) is 0 Å². The summed E-state index contributed by atoms with van der Waals surface area (Å²) in [6.45, 7) is 6.27. The Labute approximate surface area is 174 Å². The molecule has 0 atom stereocenters. The van der Waals surface area contributed by atoms with E-state index in [1.165, 1.54) is 19.3 Å². The molecule has 0 fully saturated rings. The number of allylic oxidation sites excluding steroid dienone is 2. The molecule has 0 N–H and O–H groups in total. The number of aromatic nitrogens is 2. The average Bonchev–Trinajstić information content (AvgIpc) is 3.23. The van der Waals surface area contributed by atoms with Crippen molar-refractivity contribution in [1.82, 2.24) is 9.97 Å². The first-order valence-corrected chi connectivity index (χ1v) is 10.9. The van der Waals surface area contributed by atoms with Gasteiger partial charge < -0.3 is 0 Å². The second kappa shape index (κ2) is 6.82. The molecule has 0 radical (unpaired) electrons. The van der Waals surface area contributed by atoms with Gasteiger partial charge in [-0.15, -0.1) is 22.7 Å². The molecule has 0 saturated heterocycles. The highest BCUT2D eigenvalue weighted by molar-refractivity contribution is 7.26. The van der Waals surface area contributed by atoms with E-state index in [0.717, 1.165) is 32.1 Å². The van der Waals surface area contributed by atoms with Gasteiger partial charge in [0.25, 0.3) is 0 Å². The van der Waals surface area contributed by atoms with Gasteiger partial charge in [0.15, 0.2) is 0 Å². The van der Waals surface area contributed by atoms with E-state index in [4.69, 9.17) is 11.6 Å². The Balaban J connectivity index is 1.80. The summed E-state index contributed by atoms with van der Waals surface area (Å²) in [5.74, 6) is 0. The second-order valence-electron chi connectivity index (χ2n) is 6.47. The first-order chi connectivity index (χ1) is 13.7. The lowest BCUT2D eigenvalue weighted by atomic mass is 10.1. The van der Waals surface area contributed by atoms with Gasteiger partial charge in [0.05, 0.1) is 15.9 Å². The zero-order valence-corrected chi connectivity index (χ0v) is 17.5. The fourth-order valence-electron chi connectivity index (χ4n) is 3.39. The van der Waals surface area contributed by atoms with Gasteiger partial charge in [0.2, 0.25) is 5.28 Å². The topological polar surface area (TPSA) is 25.8 Å². The largest absolute Gasteiger partial charge is 0.223 e. The molecule has 0 unspecified atom stereocenters. The molecule has 0 spiro atoms. The van der Waals surface area contributed by atoms with Crippen LogP contribution in [0.5, 0.6) is 0 Å². The van der Waals surface area contributed by atoms with Crippen LogP contribution in [-0.2, 0) is 0 Å². The Morgan fingerprint density at radius 1 is 1.00 bits per heavy atom. The van der Waals surface area contributed by atoms with Crippen LogP contribution in [0.4, 0.5) is 0 Å². The van der Waals surface area contributed by atoms with Crippen molar-refractivity contribution in [3.8, 4) is 11.3 Å². The molecule has 28 heavy (non-hydrogen) atoms. The third-order valence-corrected chi connectivity index (χ3v) is 7.23. The molecule has 0 saturated carbocycles. The predicted octanol–water partition coefficient (Wildman–Crippen LogP) is 6.15. The number of nitrogens with zero attached hydrogens (tertiary/aromatic N) is 2. The molecule has 136 valence electrons. The standard InChI is InChI=1S/C23H15ClN2S2/c1-3-4-8-17-13(2)15-11-10-14(12-19(15)27-17)20-22-21(26-23(24)25-20)16-7-5-6-9-18(16)28-22/h3-12H,2H2,1H3/b4-3-,17-8+. The van der Waals surface area contributed by atoms with Gasteiger partial charge in [-0.2, -0.15) is 0 Å². The number of thiophene rings is 2. The van der Waals surface area contributed by atoms with Crippen molar-refractivity contribution in [3.63, 3.8) is 0 Å². The number of rotatable bonds is 2. The van der Waals surface area contributed by atoms with E-state index in [-0.39, 0.29) is 5.28 Å². The Kier molecular flexibility index (Phi) is 4.27. The molecular formula is C23H15ClN2S2. The summed E-state index contributed by atoms with van der Waals surface area (Å²) < 4.78 is 4.63. The Hall–Kier alpha value is -2.53. The van der Waals surface area contributed by atoms with Crippen molar-refractivity contribution < 1.29 is 0 Å². The number of fused-ring (bicyclic) bond motifs is 4. The average molecular weight is 419 g/mol. The van der Waals surface area contributed by atoms with Gasteiger partial charge >= 0.3 is 0 Å². The molecule has 0 amide bonds. The molecule has 5 aromatic rings. The van der Waals surface area contributed by atoms with Gasteiger partial charge in [0.1, 0.15) is 0 Å². The molecule has 3 aromatic heterocycles. The predicted molar refractivity (Wildman–Crippen MR) is 125 cm³/mol. The van der Waals surface area contributed by atoms with Crippen LogP contribution < -0.4 is 9.75 Å². The lowest BCUT2D eigenvalue weighted by Gasteiger charge is -2.03. The van der Waals surface area contributed by atoms with Crippen molar-refractivity contribution in [2.75, 3.05) is 0 Å². The maximum Gasteiger partial charge on any atom is 0.223 e. The second-order valence-corrected chi connectivity index (χ2v) is 8.94. The molecule has 5 rings (SSSR count). The first-order valence-electron chi connectivity index (χ1n) is 8.85. The Morgan fingerprint density at radius 3 is 2.71 bits per heavy atom. The molecule has 5 heteroatoms. The van der Waals surface area contributed by atoms with E-state index < -0.39 is 0 Å². The van der Waals surface area contributed by atoms with Crippen molar-refractivity contribution in [2.24, 2.45) is 0 Å². The maximum atomic E-state index is 6.30. The van der Waals surface area contributed by atoms with Crippen LogP contribution in [0.3, 0.4) is 0 Å². The van der Waals surface area contributed by atoms with Crippen molar-refractivity contribution in [2.45, 2.75) is 6.92 Å². The quantitative estimate of drug-likeness (QED) is 0.321. The summed E-state index contributed by atoms with van der Waals surface area (Å²) in [5.41, 5.74) is 2.85. The normalized spacial score (nSPS) is 12.9. The fraction of sp³-hybridized carbons (Fsp3) is 0.0435. The van der Waals surface area contributed by atoms with Gasteiger partial charge in [-0.25, -0.2) is 9.97 Å². The number of benzene rings is 2. The highest BCUT2D eigenvalue weighted by Gasteiger charge is 2.15. The maximum absolute atomic E-state index is 6.30. The van der Waals surface area contributed by atoms with E-state index in [1.54, 1.807) is 22.7 Å². The van der Waals surface area contributed by atoms with Gasteiger partial charge in [-0.05, 0) is 47.3 Å². The summed E-state index contributed by atoms with van der Waals surface area (Å²) in [6, 6.07) is 14.7. The highest BCUT2D eigenvalue weighted by atomic mass is 35.5. The zero-order chi connectivity index (χ0) is 19.3. The Morgan fingerprint density at radius 2 is 1.86 bits per heavy atom. The van der Waals surface area contributed by atoms with Crippen molar-refractivity contribution in [1.29, 1.82) is 0 Å². The number of hydrogen-bond acceptors (Lipinski definition) is 4. The van der Waals surface area contributed by atoms with Crippen LogP contribution in [0.15, 0.2) is 54.6 Å². The van der Waals surface area contributed by atoms with E-state index >= 15 is 0 Å². The van der Waals surface area contributed by atoms with Crippen LogP contribution in [0.2, 0.25) is 5.28 Å². The van der Waals surface area contributed by atoms with Crippen LogP contribution in [0, 0.1) is 0 Å². The Bertz CT molecular complexity index is 1510. The lowest BCUT2D eigenvalue weighted by molar-refractivity contribution is 1.24. The summed E-state index contributed by atoms with van der Waals surface area (Å²) in [6.07, 6.45) is 6.18. The highest BCUT2D eigenvalue weighted by Crippen LogP contribution is 2.39. The molecular weight excluding hydrogens is 404 g/mol. The first kappa shape index (κ1) is 17.6. The fourth-order valence-corrected chi connectivity index (χ4v) is 5.82. The van der Waals surface area contributed by atoms with Crippen LogP contribution >= 0.6 is 34.3 Å². The zero-order valence-electron chi connectivity index (χ0n) is 15.1. The molecule has 0 aliphatic carbocycles. The van der Waals surface area contributed by atoms with E-state index in [1.807, 2.05) is 31.2 Å². The van der Waals surface area contributed by atoms with Crippen LogP contribution in [0.1, 0.15) is 6.92 Å². The minimum atomic E-state index is 0.275. The van der Waals surface area contributed by atoms with Crippen LogP contribution in [-0.4, -0.2) is 9.97 Å². The van der Waals surface area contributed by atoms with Gasteiger partial charge in [-0.1, -0.05) is 49.1 Å². The summed E-state index contributed by atoms with van der Waals surface area (Å²) >= 11 is 9.75. The molecule has 2 aromatic carbocycles. The third-order valence-electron chi connectivity index (χ3n) is 4.73. The summed E-state index contributed by atoms with van der Waals surface area (Å²) in [7, 11) is 0. The molecule has 0 bridgehead atoms. The molecule has 3 heterocycles. The van der Waals surface area contributed by atoms with Gasteiger partial charge in [0, 0.05) is 24.9 Å². The number of hydrogen-bond donors (Lipinski definition) is 0. The molecule has 0 aliphatic rings. The molecule has 0 aliphatic heterocycles. The van der Waals surface area contributed by atoms with E-state index in [2.05, 4.69) is 53.0 Å². The van der Waals surface area contributed by atoms with Gasteiger partial charge in [-0.3, -0.25) is 0 Å². The monoisotopic (exact) mass is 418 g/mol. The summed E-state index contributed by atoms with van der Waals surface area (Å²) in [5, 5.41) is 3.64. The van der Waals surface area contributed by atoms with Crippen molar-refractivity contribution in [3.05, 3.63) is 69.7 Å². The minimum Gasteiger partial charge on any atom is -0.216 e.